The van der Waals surface area contributed by atoms with Crippen LogP contribution < -0.4 is 0 Å². The molecule has 1 aliphatic heterocycles. The van der Waals surface area contributed by atoms with Crippen molar-refractivity contribution in [1.29, 1.82) is 0 Å². The molecular formula is C16H15N3O4S2. The third-order valence-electron chi connectivity index (χ3n) is 3.61. The maximum Gasteiger partial charge on any atom is 0.269 e. The molecule has 0 saturated heterocycles. The molecule has 0 spiro atoms. The first kappa shape index (κ1) is 17.4. The number of hydrogen-bond acceptors (Lipinski definition) is 6. The summed E-state index contributed by atoms with van der Waals surface area (Å²) in [6.07, 6.45) is 0. The minimum absolute atomic E-state index is 0.0213. The van der Waals surface area contributed by atoms with Crippen molar-refractivity contribution in [3.63, 3.8) is 0 Å². The first-order valence-corrected chi connectivity index (χ1v) is 9.89. The molecule has 0 fully saturated rings. The van der Waals surface area contributed by atoms with Gasteiger partial charge in [0.05, 0.1) is 22.9 Å². The van der Waals surface area contributed by atoms with Crippen LogP contribution in [-0.4, -0.2) is 35.9 Å². The van der Waals surface area contributed by atoms with Crippen molar-refractivity contribution < 1.29 is 13.3 Å². The van der Waals surface area contributed by atoms with Gasteiger partial charge in [-0.3, -0.25) is 15.1 Å². The molecule has 1 aliphatic rings. The third kappa shape index (κ3) is 3.83. The van der Waals surface area contributed by atoms with Crippen LogP contribution in [0.2, 0.25) is 0 Å². The van der Waals surface area contributed by atoms with E-state index in [2.05, 4.69) is 4.99 Å². The van der Waals surface area contributed by atoms with E-state index in [0.717, 1.165) is 5.56 Å². The Bertz CT molecular complexity index is 897. The summed E-state index contributed by atoms with van der Waals surface area (Å²) >= 11 is 1.36. The fraction of sp³-hybridized carbons (Fsp3) is 0.188. The quantitative estimate of drug-likeness (QED) is 0.590. The Kier molecular flexibility index (Phi) is 5.05. The smallest absolute Gasteiger partial charge is 0.260 e. The average Bonchev–Trinajstić information content (AvgIpc) is 3.10. The van der Waals surface area contributed by atoms with Crippen molar-refractivity contribution in [3.8, 4) is 0 Å². The van der Waals surface area contributed by atoms with Crippen LogP contribution in [0.4, 0.5) is 5.69 Å². The van der Waals surface area contributed by atoms with Gasteiger partial charge in [0.15, 0.2) is 5.17 Å². The van der Waals surface area contributed by atoms with Crippen molar-refractivity contribution in [2.75, 3.05) is 13.1 Å². The third-order valence-corrected chi connectivity index (χ3v) is 6.61. The molecule has 25 heavy (non-hydrogen) atoms. The Morgan fingerprint density at radius 1 is 1.12 bits per heavy atom. The lowest BCUT2D eigenvalue weighted by molar-refractivity contribution is -0.384. The summed E-state index contributed by atoms with van der Waals surface area (Å²) in [7, 11) is -3.78. The Balaban J connectivity index is 1.77. The van der Waals surface area contributed by atoms with Crippen LogP contribution in [-0.2, 0) is 15.8 Å². The Labute approximate surface area is 149 Å². The van der Waals surface area contributed by atoms with Gasteiger partial charge in [0.25, 0.3) is 15.7 Å². The highest BCUT2D eigenvalue weighted by Gasteiger charge is 2.31. The van der Waals surface area contributed by atoms with Gasteiger partial charge in [0.2, 0.25) is 0 Å². The van der Waals surface area contributed by atoms with Gasteiger partial charge in [-0.1, -0.05) is 42.1 Å². The van der Waals surface area contributed by atoms with Crippen LogP contribution in [0.3, 0.4) is 0 Å². The summed E-state index contributed by atoms with van der Waals surface area (Å²) in [4.78, 5) is 14.5. The Morgan fingerprint density at radius 3 is 2.44 bits per heavy atom. The first-order chi connectivity index (χ1) is 12.0. The van der Waals surface area contributed by atoms with Crippen LogP contribution >= 0.6 is 11.8 Å². The van der Waals surface area contributed by atoms with Crippen LogP contribution in [0.1, 0.15) is 5.56 Å². The lowest BCUT2D eigenvalue weighted by Crippen LogP contribution is -2.32. The van der Waals surface area contributed by atoms with E-state index < -0.39 is 14.9 Å². The maximum absolute atomic E-state index is 12.8. The van der Waals surface area contributed by atoms with Crippen molar-refractivity contribution in [1.82, 2.24) is 4.31 Å². The number of thioether (sulfide) groups is 1. The van der Waals surface area contributed by atoms with Gasteiger partial charge in [0, 0.05) is 17.9 Å². The topological polar surface area (TPSA) is 92.9 Å². The largest absolute Gasteiger partial charge is 0.269 e. The number of hydrogen-bond donors (Lipinski definition) is 0. The molecule has 130 valence electrons. The predicted octanol–water partition coefficient (Wildman–Crippen LogP) is 2.89. The van der Waals surface area contributed by atoms with Crippen molar-refractivity contribution in [3.05, 3.63) is 70.3 Å². The maximum atomic E-state index is 12.8. The summed E-state index contributed by atoms with van der Waals surface area (Å²) in [5, 5.41) is 11.2. The van der Waals surface area contributed by atoms with Gasteiger partial charge in [-0.2, -0.15) is 0 Å². The lowest BCUT2D eigenvalue weighted by Gasteiger charge is -2.19. The summed E-state index contributed by atoms with van der Waals surface area (Å²) in [5.74, 6) is 0.617. The van der Waals surface area contributed by atoms with E-state index in [1.54, 1.807) is 0 Å². The molecule has 0 bridgehead atoms. The summed E-state index contributed by atoms with van der Waals surface area (Å²) < 4.78 is 26.9. The number of aliphatic imine (C=N–C) groups is 1. The van der Waals surface area contributed by atoms with Crippen LogP contribution in [0.5, 0.6) is 0 Å². The van der Waals surface area contributed by atoms with E-state index in [-0.39, 0.29) is 17.1 Å². The number of nitro benzene ring substituents is 1. The molecule has 0 aromatic heterocycles. The van der Waals surface area contributed by atoms with Crippen LogP contribution in [0.15, 0.2) is 64.5 Å². The minimum atomic E-state index is -3.78. The minimum Gasteiger partial charge on any atom is -0.260 e. The van der Waals surface area contributed by atoms with Gasteiger partial charge in [-0.25, -0.2) is 12.7 Å². The number of nitro groups is 1. The molecule has 1 heterocycles. The molecule has 0 unspecified atom stereocenters. The Morgan fingerprint density at radius 2 is 1.80 bits per heavy atom. The SMILES string of the molecule is O=[N+]([O-])c1ccc(S(=O)(=O)N2CCN=C2SCc2ccccc2)cc1. The second-order valence-electron chi connectivity index (χ2n) is 5.27. The molecule has 0 atom stereocenters. The summed E-state index contributed by atoms with van der Waals surface area (Å²) in [5.41, 5.74) is 0.933. The molecule has 0 radical (unpaired) electrons. The molecular weight excluding hydrogens is 362 g/mol. The van der Waals surface area contributed by atoms with Gasteiger partial charge >= 0.3 is 0 Å². The number of rotatable bonds is 5. The van der Waals surface area contributed by atoms with E-state index in [1.807, 2.05) is 30.3 Å². The predicted molar refractivity (Wildman–Crippen MR) is 97.0 cm³/mol. The highest BCUT2D eigenvalue weighted by atomic mass is 32.2. The number of sulfonamides is 1. The van der Waals surface area contributed by atoms with E-state index in [9.17, 15) is 18.5 Å². The number of amidine groups is 1. The molecule has 7 nitrogen and oxygen atoms in total. The highest BCUT2D eigenvalue weighted by Crippen LogP contribution is 2.26. The number of nitrogens with zero attached hydrogens (tertiary/aromatic N) is 3. The number of non-ortho nitro benzene ring substituents is 1. The summed E-state index contributed by atoms with van der Waals surface area (Å²) in [6.45, 7) is 0.680. The summed E-state index contributed by atoms with van der Waals surface area (Å²) in [6, 6.07) is 14.6. The van der Waals surface area contributed by atoms with Crippen molar-refractivity contribution in [2.45, 2.75) is 10.6 Å². The zero-order valence-corrected chi connectivity index (χ0v) is 14.7. The lowest BCUT2D eigenvalue weighted by atomic mass is 10.2. The fourth-order valence-electron chi connectivity index (χ4n) is 2.34. The Hall–Kier alpha value is -2.39. The molecule has 9 heteroatoms. The van der Waals surface area contributed by atoms with Crippen LogP contribution in [0.25, 0.3) is 0 Å². The molecule has 0 N–H and O–H groups in total. The van der Waals surface area contributed by atoms with Gasteiger partial charge in [-0.15, -0.1) is 0 Å². The second-order valence-corrected chi connectivity index (χ2v) is 8.07. The van der Waals surface area contributed by atoms with E-state index in [0.29, 0.717) is 17.5 Å². The number of benzene rings is 2. The molecule has 3 rings (SSSR count). The first-order valence-electron chi connectivity index (χ1n) is 7.47. The molecule has 2 aromatic carbocycles. The fourth-order valence-corrected chi connectivity index (χ4v) is 5.02. The molecule has 0 aliphatic carbocycles. The monoisotopic (exact) mass is 377 g/mol. The average molecular weight is 377 g/mol. The van der Waals surface area contributed by atoms with Gasteiger partial charge in [0.1, 0.15) is 0 Å². The van der Waals surface area contributed by atoms with Gasteiger partial charge in [-0.05, 0) is 17.7 Å². The second kappa shape index (κ2) is 7.24. The standard InChI is InChI=1S/C16H15N3O4S2/c20-19(21)14-6-8-15(9-7-14)25(22,23)18-11-10-17-16(18)24-12-13-4-2-1-3-5-13/h1-9H,10-12H2. The molecule has 0 amide bonds. The molecule has 0 saturated carbocycles. The zero-order chi connectivity index (χ0) is 17.9. The van der Waals surface area contributed by atoms with Gasteiger partial charge < -0.3 is 0 Å². The van der Waals surface area contributed by atoms with Crippen molar-refractivity contribution >= 4 is 32.6 Å². The highest BCUT2D eigenvalue weighted by molar-refractivity contribution is 8.14. The van der Waals surface area contributed by atoms with Crippen molar-refractivity contribution in [2.24, 2.45) is 4.99 Å². The molecule has 2 aromatic rings. The normalized spacial score (nSPS) is 14.4. The van der Waals surface area contributed by atoms with Crippen LogP contribution in [0, 0.1) is 10.1 Å². The van der Waals surface area contributed by atoms with E-state index in [4.69, 9.17) is 0 Å². The zero-order valence-electron chi connectivity index (χ0n) is 13.1. The van der Waals surface area contributed by atoms with E-state index >= 15 is 0 Å². The van der Waals surface area contributed by atoms with E-state index in [1.165, 1.54) is 40.3 Å².